The van der Waals surface area contributed by atoms with Crippen LogP contribution in [0.5, 0.6) is 0 Å². The fourth-order valence-corrected chi connectivity index (χ4v) is 4.13. The van der Waals surface area contributed by atoms with Crippen LogP contribution < -0.4 is 4.90 Å². The zero-order valence-corrected chi connectivity index (χ0v) is 17.1. The Morgan fingerprint density at radius 2 is 1.62 bits per heavy atom. The van der Waals surface area contributed by atoms with Crippen LogP contribution in [0.3, 0.4) is 0 Å². The molecule has 0 aliphatic carbocycles. The van der Waals surface area contributed by atoms with Gasteiger partial charge in [0.25, 0.3) is 5.91 Å². The van der Waals surface area contributed by atoms with Crippen LogP contribution in [-0.2, 0) is 10.0 Å². The van der Waals surface area contributed by atoms with Crippen LogP contribution in [0.1, 0.15) is 28.4 Å². The van der Waals surface area contributed by atoms with E-state index < -0.39 is 10.0 Å². The van der Waals surface area contributed by atoms with Gasteiger partial charge < -0.3 is 4.90 Å². The lowest BCUT2D eigenvalue weighted by atomic mass is 10.1. The zero-order chi connectivity index (χ0) is 19.6. The Labute approximate surface area is 160 Å². The van der Waals surface area contributed by atoms with Gasteiger partial charge in [0.1, 0.15) is 4.90 Å². The summed E-state index contributed by atoms with van der Waals surface area (Å²) in [6, 6.07) is 10.2. The minimum Gasteiger partial charge on any atom is -0.309 e. The van der Waals surface area contributed by atoms with E-state index in [9.17, 15) is 13.2 Å². The molecule has 0 fully saturated rings. The van der Waals surface area contributed by atoms with Gasteiger partial charge in [0.05, 0.1) is 5.02 Å². The molecular weight excluding hydrogens is 372 g/mol. The Hall–Kier alpha value is -1.89. The maximum Gasteiger partial charge on any atom is 0.258 e. The molecule has 0 heterocycles. The summed E-state index contributed by atoms with van der Waals surface area (Å²) in [4.78, 5) is 14.6. The average Bonchev–Trinajstić information content (AvgIpc) is 2.54. The first-order valence-electron chi connectivity index (χ1n) is 8.20. The van der Waals surface area contributed by atoms with Crippen molar-refractivity contribution in [1.29, 1.82) is 0 Å². The normalized spacial score (nSPS) is 11.7. The molecule has 0 bridgehead atoms. The number of halogens is 1. The molecule has 1 amide bonds. The van der Waals surface area contributed by atoms with Crippen LogP contribution >= 0.6 is 11.6 Å². The predicted molar refractivity (Wildman–Crippen MR) is 106 cm³/mol. The molecule has 0 saturated carbocycles. The number of sulfonamides is 1. The van der Waals surface area contributed by atoms with Gasteiger partial charge in [-0.3, -0.25) is 4.79 Å². The molecule has 0 aromatic heterocycles. The number of anilines is 1. The van der Waals surface area contributed by atoms with Gasteiger partial charge in [-0.05, 0) is 62.2 Å². The predicted octanol–water partition coefficient (Wildman–Crippen LogP) is 3.87. The van der Waals surface area contributed by atoms with Gasteiger partial charge in [-0.1, -0.05) is 17.7 Å². The van der Waals surface area contributed by atoms with Crippen LogP contribution in [0.15, 0.2) is 41.3 Å². The zero-order valence-electron chi connectivity index (χ0n) is 15.6. The second-order valence-corrected chi connectivity index (χ2v) is 8.86. The van der Waals surface area contributed by atoms with Crippen LogP contribution in [0.2, 0.25) is 5.02 Å². The van der Waals surface area contributed by atoms with Gasteiger partial charge in [-0.25, -0.2) is 12.7 Å². The maximum atomic E-state index is 13.0. The molecule has 0 radical (unpaired) electrons. The first-order valence-corrected chi connectivity index (χ1v) is 10.0. The number of aryl methyl sites for hydroxylation is 2. The minimum atomic E-state index is -3.74. The van der Waals surface area contributed by atoms with Crippen LogP contribution in [-0.4, -0.2) is 39.3 Å². The Morgan fingerprint density at radius 1 is 1.04 bits per heavy atom. The fraction of sp³-hybridized carbons (Fsp3) is 0.316. The van der Waals surface area contributed by atoms with Gasteiger partial charge in [0.15, 0.2) is 0 Å². The Morgan fingerprint density at radius 3 is 2.12 bits per heavy atom. The van der Waals surface area contributed by atoms with Crippen molar-refractivity contribution in [2.24, 2.45) is 0 Å². The van der Waals surface area contributed by atoms with Crippen molar-refractivity contribution >= 4 is 33.2 Å². The lowest BCUT2D eigenvalue weighted by Crippen LogP contribution is -2.31. The Balaban J connectivity index is 2.51. The first kappa shape index (κ1) is 20.4. The number of carbonyl (C=O) groups excluding carboxylic acids is 1. The fourth-order valence-electron chi connectivity index (χ4n) is 2.74. The SMILES string of the molecule is CCN(C(=O)c1ccc(Cl)c(S(=O)(=O)N(C)C)c1)c1cc(C)cc(C)c1. The summed E-state index contributed by atoms with van der Waals surface area (Å²) in [5.74, 6) is -0.274. The Kier molecular flexibility index (Phi) is 6.11. The second kappa shape index (κ2) is 7.78. The molecule has 5 nitrogen and oxygen atoms in total. The molecule has 2 rings (SSSR count). The van der Waals surface area contributed by atoms with Crippen LogP contribution in [0, 0.1) is 13.8 Å². The molecule has 0 N–H and O–H groups in total. The molecule has 2 aromatic rings. The number of nitrogens with zero attached hydrogens (tertiary/aromatic N) is 2. The number of carbonyl (C=O) groups is 1. The number of amides is 1. The van der Waals surface area contributed by atoms with Crippen LogP contribution in [0.25, 0.3) is 0 Å². The number of rotatable bonds is 5. The molecule has 0 aliphatic rings. The maximum absolute atomic E-state index is 13.0. The minimum absolute atomic E-state index is 0.0773. The van der Waals surface area contributed by atoms with Crippen molar-refractivity contribution in [1.82, 2.24) is 4.31 Å². The molecule has 0 saturated heterocycles. The highest BCUT2D eigenvalue weighted by molar-refractivity contribution is 7.89. The van der Waals surface area contributed by atoms with E-state index in [0.717, 1.165) is 21.1 Å². The van der Waals surface area contributed by atoms with E-state index >= 15 is 0 Å². The average molecular weight is 395 g/mol. The van der Waals surface area contributed by atoms with Gasteiger partial charge in [0, 0.05) is 31.9 Å². The Bertz CT molecular complexity index is 920. The summed E-state index contributed by atoms with van der Waals surface area (Å²) in [6.07, 6.45) is 0. The molecule has 26 heavy (non-hydrogen) atoms. The quantitative estimate of drug-likeness (QED) is 0.773. The van der Waals surface area contributed by atoms with E-state index in [1.165, 1.54) is 26.2 Å². The van der Waals surface area contributed by atoms with Crippen molar-refractivity contribution < 1.29 is 13.2 Å². The van der Waals surface area contributed by atoms with Crippen LogP contribution in [0.4, 0.5) is 5.69 Å². The summed E-state index contributed by atoms with van der Waals surface area (Å²) >= 11 is 6.07. The van der Waals surface area contributed by atoms with E-state index in [2.05, 4.69) is 0 Å². The number of hydrogen-bond donors (Lipinski definition) is 0. The van der Waals surface area contributed by atoms with Crippen molar-refractivity contribution in [2.45, 2.75) is 25.7 Å². The van der Waals surface area contributed by atoms with Crippen molar-refractivity contribution in [2.75, 3.05) is 25.5 Å². The summed E-state index contributed by atoms with van der Waals surface area (Å²) in [6.45, 7) is 6.28. The third-order valence-corrected chi connectivity index (χ3v) is 6.31. The molecule has 140 valence electrons. The van der Waals surface area contributed by atoms with E-state index in [4.69, 9.17) is 11.6 Å². The highest BCUT2D eigenvalue weighted by atomic mass is 35.5. The van der Waals surface area contributed by atoms with Gasteiger partial charge in [-0.15, -0.1) is 0 Å². The monoisotopic (exact) mass is 394 g/mol. The number of hydrogen-bond acceptors (Lipinski definition) is 3. The standard InChI is InChI=1S/C19H23ClN2O3S/c1-6-22(16-10-13(2)9-14(3)11-16)19(23)15-7-8-17(20)18(12-15)26(24,25)21(4)5/h7-12H,6H2,1-5H3. The molecule has 0 aliphatic heterocycles. The van der Waals surface area contributed by atoms with Crippen molar-refractivity contribution in [3.05, 3.63) is 58.1 Å². The molecule has 2 aromatic carbocycles. The third kappa shape index (κ3) is 4.09. The van der Waals surface area contributed by atoms with E-state index in [-0.39, 0.29) is 21.4 Å². The van der Waals surface area contributed by atoms with Crippen molar-refractivity contribution in [3.63, 3.8) is 0 Å². The van der Waals surface area contributed by atoms with Gasteiger partial charge >= 0.3 is 0 Å². The summed E-state index contributed by atoms with van der Waals surface area (Å²) < 4.78 is 26.0. The summed E-state index contributed by atoms with van der Waals surface area (Å²) in [5.41, 5.74) is 3.16. The highest BCUT2D eigenvalue weighted by Crippen LogP contribution is 2.27. The lowest BCUT2D eigenvalue weighted by Gasteiger charge is -2.23. The van der Waals surface area contributed by atoms with E-state index in [1.54, 1.807) is 11.0 Å². The summed E-state index contributed by atoms with van der Waals surface area (Å²) in [5, 5.41) is 0.0877. The van der Waals surface area contributed by atoms with E-state index in [1.807, 2.05) is 39.0 Å². The summed E-state index contributed by atoms with van der Waals surface area (Å²) in [7, 11) is -0.894. The molecule has 0 atom stereocenters. The van der Waals surface area contributed by atoms with Gasteiger partial charge in [-0.2, -0.15) is 0 Å². The molecule has 7 heteroatoms. The molecule has 0 spiro atoms. The largest absolute Gasteiger partial charge is 0.309 e. The van der Waals surface area contributed by atoms with Gasteiger partial charge in [0.2, 0.25) is 10.0 Å². The highest BCUT2D eigenvalue weighted by Gasteiger charge is 2.24. The first-order chi connectivity index (χ1) is 12.1. The topological polar surface area (TPSA) is 57.7 Å². The second-order valence-electron chi connectivity index (χ2n) is 6.33. The van der Waals surface area contributed by atoms with Crippen molar-refractivity contribution in [3.8, 4) is 0 Å². The van der Waals surface area contributed by atoms with E-state index in [0.29, 0.717) is 6.54 Å². The number of benzene rings is 2. The molecular formula is C19H23ClN2O3S. The lowest BCUT2D eigenvalue weighted by molar-refractivity contribution is 0.0988. The smallest absolute Gasteiger partial charge is 0.258 e. The molecule has 0 unspecified atom stereocenters. The third-order valence-electron chi connectivity index (χ3n) is 4.02.